The molecule has 0 atom stereocenters. The van der Waals surface area contributed by atoms with Crippen molar-refractivity contribution in [1.82, 2.24) is 5.32 Å². The van der Waals surface area contributed by atoms with Crippen LogP contribution in [-0.2, 0) is 19.3 Å². The maximum absolute atomic E-state index is 3.19. The number of likely N-dealkylation sites (N-methyl/N-ethyl adjacent to an activating group) is 1. The minimum atomic E-state index is 1.11. The lowest BCUT2D eigenvalue weighted by atomic mass is 10.2. The number of aryl methyl sites for hydroxylation is 2. The van der Waals surface area contributed by atoms with Crippen molar-refractivity contribution in [1.29, 1.82) is 0 Å². The van der Waals surface area contributed by atoms with Gasteiger partial charge >= 0.3 is 0 Å². The van der Waals surface area contributed by atoms with Gasteiger partial charge in [0.25, 0.3) is 0 Å². The van der Waals surface area contributed by atoms with Crippen molar-refractivity contribution in [3.63, 3.8) is 0 Å². The molecule has 2 rings (SSSR count). The van der Waals surface area contributed by atoms with Gasteiger partial charge in [0.05, 0.1) is 0 Å². The fraction of sp³-hybridized carbons (Fsp3) is 0.600. The van der Waals surface area contributed by atoms with E-state index in [0.717, 1.165) is 6.54 Å². The first-order valence-electron chi connectivity index (χ1n) is 4.65. The summed E-state index contributed by atoms with van der Waals surface area (Å²) in [6.45, 7) is 1.11. The highest BCUT2D eigenvalue weighted by molar-refractivity contribution is 7.12. The molecule has 1 nitrogen and oxygen atoms in total. The van der Waals surface area contributed by atoms with Gasteiger partial charge in [0.2, 0.25) is 0 Å². The fourth-order valence-corrected chi connectivity index (χ4v) is 3.02. The quantitative estimate of drug-likeness (QED) is 0.752. The van der Waals surface area contributed by atoms with Gasteiger partial charge in [-0.3, -0.25) is 0 Å². The zero-order valence-corrected chi connectivity index (χ0v) is 8.34. The third-order valence-electron chi connectivity index (χ3n) is 2.42. The Labute approximate surface area is 77.8 Å². The molecule has 1 heterocycles. The molecule has 0 saturated heterocycles. The van der Waals surface area contributed by atoms with Gasteiger partial charge in [-0.05, 0) is 50.9 Å². The summed E-state index contributed by atoms with van der Waals surface area (Å²) in [6, 6.07) is 2.41. The van der Waals surface area contributed by atoms with Crippen LogP contribution in [0.5, 0.6) is 0 Å². The molecule has 0 bridgehead atoms. The van der Waals surface area contributed by atoms with Crippen molar-refractivity contribution in [2.75, 3.05) is 13.6 Å². The van der Waals surface area contributed by atoms with Crippen molar-refractivity contribution >= 4 is 11.3 Å². The van der Waals surface area contributed by atoms with Crippen molar-refractivity contribution in [2.24, 2.45) is 0 Å². The van der Waals surface area contributed by atoms with Gasteiger partial charge in [-0.1, -0.05) is 0 Å². The van der Waals surface area contributed by atoms with Gasteiger partial charge < -0.3 is 5.32 Å². The first-order valence-corrected chi connectivity index (χ1v) is 5.47. The van der Waals surface area contributed by atoms with Crippen molar-refractivity contribution in [3.8, 4) is 0 Å². The summed E-state index contributed by atoms with van der Waals surface area (Å²) >= 11 is 2.02. The molecule has 1 aromatic rings. The molecule has 12 heavy (non-hydrogen) atoms. The largest absolute Gasteiger partial charge is 0.319 e. The van der Waals surface area contributed by atoms with Crippen LogP contribution >= 0.6 is 11.3 Å². The highest BCUT2D eigenvalue weighted by atomic mass is 32.1. The van der Waals surface area contributed by atoms with Gasteiger partial charge in [0.1, 0.15) is 0 Å². The predicted molar refractivity (Wildman–Crippen MR) is 54.0 cm³/mol. The molecule has 0 radical (unpaired) electrons. The lowest BCUT2D eigenvalue weighted by molar-refractivity contribution is 0.798. The Kier molecular flexibility index (Phi) is 2.47. The number of hydrogen-bond donors (Lipinski definition) is 1. The Morgan fingerprint density at radius 1 is 1.50 bits per heavy atom. The number of nitrogens with one attached hydrogen (secondary N) is 1. The van der Waals surface area contributed by atoms with Crippen LogP contribution in [0, 0.1) is 0 Å². The van der Waals surface area contributed by atoms with E-state index in [-0.39, 0.29) is 0 Å². The van der Waals surface area contributed by atoms with E-state index in [4.69, 9.17) is 0 Å². The lowest BCUT2D eigenvalue weighted by Crippen LogP contribution is -2.09. The summed E-state index contributed by atoms with van der Waals surface area (Å²) in [5, 5.41) is 3.19. The molecule has 0 amide bonds. The average molecular weight is 181 g/mol. The number of hydrogen-bond acceptors (Lipinski definition) is 2. The smallest absolute Gasteiger partial charge is 0.00802 e. The summed E-state index contributed by atoms with van der Waals surface area (Å²) in [5.74, 6) is 0. The molecule has 0 fully saturated rings. The van der Waals surface area contributed by atoms with E-state index >= 15 is 0 Å². The van der Waals surface area contributed by atoms with Crippen molar-refractivity contribution in [2.45, 2.75) is 25.7 Å². The normalized spacial score (nSPS) is 15.1. The van der Waals surface area contributed by atoms with Crippen molar-refractivity contribution < 1.29 is 0 Å². The van der Waals surface area contributed by atoms with Gasteiger partial charge in [-0.25, -0.2) is 0 Å². The molecule has 66 valence electrons. The van der Waals surface area contributed by atoms with Crippen LogP contribution in [-0.4, -0.2) is 13.6 Å². The van der Waals surface area contributed by atoms with Crippen LogP contribution < -0.4 is 5.32 Å². The van der Waals surface area contributed by atoms with E-state index in [9.17, 15) is 0 Å². The Morgan fingerprint density at radius 3 is 3.17 bits per heavy atom. The minimum Gasteiger partial charge on any atom is -0.319 e. The second-order valence-corrected chi connectivity index (χ2v) is 4.59. The third-order valence-corrected chi connectivity index (χ3v) is 3.72. The molecule has 0 saturated carbocycles. The van der Waals surface area contributed by atoms with Crippen LogP contribution in [0.1, 0.15) is 21.7 Å². The topological polar surface area (TPSA) is 12.0 Å². The summed E-state index contributed by atoms with van der Waals surface area (Å²) < 4.78 is 0. The van der Waals surface area contributed by atoms with Crippen LogP contribution in [0.4, 0.5) is 0 Å². The Morgan fingerprint density at radius 2 is 2.42 bits per heavy atom. The third kappa shape index (κ3) is 1.54. The zero-order chi connectivity index (χ0) is 8.39. The van der Waals surface area contributed by atoms with Crippen LogP contribution in [0.25, 0.3) is 0 Å². The second kappa shape index (κ2) is 3.58. The number of fused-ring (bicyclic) bond motifs is 1. The van der Waals surface area contributed by atoms with E-state index in [1.54, 1.807) is 15.3 Å². The van der Waals surface area contributed by atoms with Gasteiger partial charge in [0.15, 0.2) is 0 Å². The number of thiophene rings is 1. The molecule has 1 aliphatic carbocycles. The minimum absolute atomic E-state index is 1.11. The molecular formula is C10H15NS. The predicted octanol–water partition coefficient (Wildman–Crippen LogP) is 2.00. The highest BCUT2D eigenvalue weighted by Gasteiger charge is 2.13. The summed E-state index contributed by atoms with van der Waals surface area (Å²) in [4.78, 5) is 3.22. The van der Waals surface area contributed by atoms with Crippen LogP contribution in [0.3, 0.4) is 0 Å². The summed E-state index contributed by atoms with van der Waals surface area (Å²) in [6.07, 6.45) is 5.24. The maximum atomic E-state index is 3.19. The highest BCUT2D eigenvalue weighted by Crippen LogP contribution is 2.30. The molecule has 1 aliphatic rings. The zero-order valence-electron chi connectivity index (χ0n) is 7.52. The Bertz CT molecular complexity index is 243. The maximum Gasteiger partial charge on any atom is 0.00802 e. The van der Waals surface area contributed by atoms with Crippen molar-refractivity contribution in [3.05, 3.63) is 21.4 Å². The van der Waals surface area contributed by atoms with E-state index < -0.39 is 0 Å². The first-order chi connectivity index (χ1) is 5.90. The van der Waals surface area contributed by atoms with Gasteiger partial charge in [0, 0.05) is 9.75 Å². The van der Waals surface area contributed by atoms with Gasteiger partial charge in [-0.15, -0.1) is 11.3 Å². The fourth-order valence-electron chi connectivity index (χ4n) is 1.76. The monoisotopic (exact) mass is 181 g/mol. The molecule has 2 heteroatoms. The summed E-state index contributed by atoms with van der Waals surface area (Å²) in [5.41, 5.74) is 1.63. The second-order valence-electron chi connectivity index (χ2n) is 3.37. The number of rotatable bonds is 3. The molecule has 0 aromatic carbocycles. The van der Waals surface area contributed by atoms with E-state index in [1.165, 1.54) is 25.7 Å². The summed E-state index contributed by atoms with van der Waals surface area (Å²) in [7, 11) is 2.02. The molecule has 1 N–H and O–H groups in total. The first kappa shape index (κ1) is 8.27. The van der Waals surface area contributed by atoms with Crippen LogP contribution in [0.2, 0.25) is 0 Å². The van der Waals surface area contributed by atoms with E-state index in [0.29, 0.717) is 0 Å². The molecule has 0 unspecified atom stereocenters. The van der Waals surface area contributed by atoms with Crippen LogP contribution in [0.15, 0.2) is 6.07 Å². The SMILES string of the molecule is CNCCc1cc2c(s1)CCC2. The van der Waals surface area contributed by atoms with E-state index in [1.807, 2.05) is 18.4 Å². The Hall–Kier alpha value is -0.340. The lowest BCUT2D eigenvalue weighted by Gasteiger charge is -1.94. The standard InChI is InChI=1S/C10H15NS/c1-11-6-5-9-7-8-3-2-4-10(8)12-9/h7,11H,2-6H2,1H3. The van der Waals surface area contributed by atoms with E-state index in [2.05, 4.69) is 11.4 Å². The molecule has 0 aliphatic heterocycles. The molecular weight excluding hydrogens is 166 g/mol. The molecule has 1 aromatic heterocycles. The molecule has 0 spiro atoms. The van der Waals surface area contributed by atoms with Gasteiger partial charge in [-0.2, -0.15) is 0 Å². The Balaban J connectivity index is 2.05. The average Bonchev–Trinajstić information content (AvgIpc) is 2.58.